The predicted molar refractivity (Wildman–Crippen MR) is 194 cm³/mol. The van der Waals surface area contributed by atoms with Crippen LogP contribution in [0.15, 0.2) is 42.1 Å². The van der Waals surface area contributed by atoms with Crippen molar-refractivity contribution in [3.05, 3.63) is 47.9 Å². The number of halogens is 1. The largest absolute Gasteiger partial charge is 0.462 e. The highest BCUT2D eigenvalue weighted by Gasteiger charge is 2.60. The van der Waals surface area contributed by atoms with Crippen LogP contribution >= 0.6 is 0 Å². The second kappa shape index (κ2) is 16.6. The Morgan fingerprint density at radius 1 is 0.963 bits per heavy atom. The molecule has 15 atom stereocenters. The molecule has 0 bridgehead atoms. The van der Waals surface area contributed by atoms with Crippen LogP contribution in [0.25, 0.3) is 11.3 Å². The van der Waals surface area contributed by atoms with Gasteiger partial charge in [0.25, 0.3) is 0 Å². The van der Waals surface area contributed by atoms with E-state index in [1.165, 1.54) is 12.1 Å². The van der Waals surface area contributed by atoms with Gasteiger partial charge in [-0.3, -0.25) is 9.59 Å². The van der Waals surface area contributed by atoms with Crippen LogP contribution < -0.4 is 0 Å². The Balaban J connectivity index is 1.24. The number of esters is 1. The van der Waals surface area contributed by atoms with Crippen molar-refractivity contribution in [2.24, 2.45) is 35.5 Å². The lowest BCUT2D eigenvalue weighted by Crippen LogP contribution is -2.59. The van der Waals surface area contributed by atoms with E-state index in [2.05, 4.69) is 16.4 Å². The van der Waals surface area contributed by atoms with Crippen LogP contribution in [0.1, 0.15) is 78.2 Å². The fourth-order valence-corrected chi connectivity index (χ4v) is 10.4. The lowest BCUT2D eigenvalue weighted by Gasteiger charge is -2.46. The maximum absolute atomic E-state index is 14.3. The zero-order valence-corrected chi connectivity index (χ0v) is 32.2. The summed E-state index contributed by atoms with van der Waals surface area (Å²) in [5, 5.41) is 21.6. The summed E-state index contributed by atoms with van der Waals surface area (Å²) in [5.74, 6) is -2.11. The summed E-state index contributed by atoms with van der Waals surface area (Å²) >= 11 is 0. The van der Waals surface area contributed by atoms with Crippen molar-refractivity contribution in [1.82, 2.24) is 15.0 Å². The molecule has 54 heavy (non-hydrogen) atoms. The molecular formula is C41H56FN3O9. The molecule has 2 saturated heterocycles. The number of carbonyl (C=O) groups excluding carboxylic acids is 2. The summed E-state index contributed by atoms with van der Waals surface area (Å²) in [6.07, 6.45) is 5.32. The number of nitrogens with zero attached hydrogens (tertiary/aromatic N) is 3. The molecule has 4 fully saturated rings. The molecule has 1 N–H and O–H groups in total. The van der Waals surface area contributed by atoms with Gasteiger partial charge >= 0.3 is 5.97 Å². The lowest BCUT2D eigenvalue weighted by molar-refractivity contribution is -0.314. The Kier molecular flexibility index (Phi) is 12.0. The summed E-state index contributed by atoms with van der Waals surface area (Å²) in [5.41, 5.74) is 1.88. The van der Waals surface area contributed by atoms with Gasteiger partial charge in [0.05, 0.1) is 37.0 Å². The number of cyclic esters (lactones) is 1. The summed E-state index contributed by atoms with van der Waals surface area (Å²) in [7, 11) is 4.85. The highest BCUT2D eigenvalue weighted by Crippen LogP contribution is 2.60. The van der Waals surface area contributed by atoms with Gasteiger partial charge in [-0.1, -0.05) is 31.6 Å². The Hall–Kier alpha value is -3.07. The van der Waals surface area contributed by atoms with Crippen LogP contribution in [0.4, 0.5) is 4.39 Å². The van der Waals surface area contributed by atoms with Crippen LogP contribution in [0.5, 0.6) is 0 Å². The first-order chi connectivity index (χ1) is 26.1. The van der Waals surface area contributed by atoms with Crippen molar-refractivity contribution >= 4 is 11.8 Å². The number of aliphatic hydroxyl groups is 1. The fourth-order valence-electron chi connectivity index (χ4n) is 10.4. The second-order valence-corrected chi connectivity index (χ2v) is 16.1. The second-order valence-electron chi connectivity index (χ2n) is 16.1. The first-order valence-electron chi connectivity index (χ1n) is 19.8. The normalized spacial score (nSPS) is 40.1. The molecule has 0 spiro atoms. The van der Waals surface area contributed by atoms with E-state index in [0.29, 0.717) is 29.7 Å². The first kappa shape index (κ1) is 39.2. The van der Waals surface area contributed by atoms with Gasteiger partial charge < -0.3 is 33.5 Å². The summed E-state index contributed by atoms with van der Waals surface area (Å²) in [4.78, 5) is 27.9. The summed E-state index contributed by atoms with van der Waals surface area (Å²) in [6.45, 7) is 5.93. The third-order valence-corrected chi connectivity index (χ3v) is 13.1. The third kappa shape index (κ3) is 7.44. The Labute approximate surface area is 317 Å². The van der Waals surface area contributed by atoms with Gasteiger partial charge in [-0.15, -0.1) is 5.10 Å². The third-order valence-electron chi connectivity index (χ3n) is 13.1. The molecule has 296 valence electrons. The summed E-state index contributed by atoms with van der Waals surface area (Å²) in [6, 6.07) is 5.52. The maximum atomic E-state index is 14.3. The predicted octanol–water partition coefficient (Wildman–Crippen LogP) is 5.48. The van der Waals surface area contributed by atoms with Crippen LogP contribution in [-0.4, -0.2) is 102 Å². The van der Waals surface area contributed by atoms with Gasteiger partial charge in [-0.25, -0.2) is 9.07 Å². The van der Waals surface area contributed by atoms with Gasteiger partial charge in [0.15, 0.2) is 12.1 Å². The van der Waals surface area contributed by atoms with Crippen molar-refractivity contribution in [3.8, 4) is 11.3 Å². The quantitative estimate of drug-likeness (QED) is 0.343. The molecule has 1 aromatic carbocycles. The summed E-state index contributed by atoms with van der Waals surface area (Å²) < 4.78 is 52.1. The highest BCUT2D eigenvalue weighted by atomic mass is 19.1. The van der Waals surface area contributed by atoms with E-state index >= 15 is 0 Å². The first-order valence-corrected chi connectivity index (χ1v) is 19.8. The molecule has 12 nitrogen and oxygen atoms in total. The maximum Gasteiger partial charge on any atom is 0.306 e. The van der Waals surface area contributed by atoms with Gasteiger partial charge in [0.1, 0.15) is 35.9 Å². The van der Waals surface area contributed by atoms with Crippen LogP contribution in [-0.2, 0) is 38.0 Å². The van der Waals surface area contributed by atoms with E-state index in [4.69, 9.17) is 28.4 Å². The fraction of sp³-hybridized carbons (Fsp3) is 0.707. The number of Topliss-reactive ketones (excluding diaryl/α,β-unsaturated/α-hetero) is 1. The van der Waals surface area contributed by atoms with E-state index in [1.54, 1.807) is 44.3 Å². The van der Waals surface area contributed by atoms with Crippen molar-refractivity contribution in [2.45, 2.75) is 127 Å². The van der Waals surface area contributed by atoms with Crippen LogP contribution in [0.2, 0.25) is 0 Å². The lowest BCUT2D eigenvalue weighted by atomic mass is 9.62. The number of ketones is 1. The van der Waals surface area contributed by atoms with E-state index < -0.39 is 42.5 Å². The molecule has 2 aromatic rings. The molecule has 2 aliphatic heterocycles. The van der Waals surface area contributed by atoms with Gasteiger partial charge in [-0.05, 0) is 93.0 Å². The molecule has 0 radical (unpaired) electrons. The van der Waals surface area contributed by atoms with Gasteiger partial charge in [0, 0.05) is 44.6 Å². The number of aliphatic hydroxyl groups excluding tert-OH is 1. The number of hydrogen-bond donors (Lipinski definition) is 1. The Bertz CT molecular complexity index is 1650. The highest BCUT2D eigenvalue weighted by molar-refractivity contribution is 5.98. The van der Waals surface area contributed by atoms with Crippen LogP contribution in [0.3, 0.4) is 0 Å². The average molecular weight is 754 g/mol. The van der Waals surface area contributed by atoms with E-state index in [0.717, 1.165) is 32.1 Å². The molecule has 3 heterocycles. The topological polar surface area (TPSA) is 140 Å². The number of fused-ring (bicyclic) bond motifs is 5. The molecule has 2 saturated carbocycles. The van der Waals surface area contributed by atoms with Crippen molar-refractivity contribution in [2.75, 3.05) is 21.3 Å². The number of carbonyl (C=O) groups is 2. The molecule has 5 aliphatic rings. The number of methoxy groups -OCH3 is 3. The SMILES string of the molecule is CC[C@H]1CCCC[C@@H](C)C(=O)C2=C[C@@H]3[C@@H](C(O)C(n4cc(-c5ccc(F)cc5)nn4)C4C[C@@H](OC5OC(C)C(OC)C(OC)C5OC)C[C@H]43)[C@@H]2CC(=O)O1. The van der Waals surface area contributed by atoms with Gasteiger partial charge in [0.2, 0.25) is 0 Å². The monoisotopic (exact) mass is 753 g/mol. The molecular weight excluding hydrogens is 697 g/mol. The number of ether oxygens (including phenoxy) is 6. The van der Waals surface area contributed by atoms with E-state index in [1.807, 2.05) is 20.8 Å². The Morgan fingerprint density at radius 3 is 2.37 bits per heavy atom. The Morgan fingerprint density at radius 2 is 1.67 bits per heavy atom. The number of benzene rings is 1. The van der Waals surface area contributed by atoms with Crippen molar-refractivity contribution < 1.29 is 47.5 Å². The van der Waals surface area contributed by atoms with Crippen LogP contribution in [0, 0.1) is 41.3 Å². The minimum Gasteiger partial charge on any atom is -0.462 e. The molecule has 0 amide bonds. The minimum atomic E-state index is -0.972. The molecule has 8 unspecified atom stereocenters. The van der Waals surface area contributed by atoms with Crippen molar-refractivity contribution in [1.29, 1.82) is 0 Å². The smallest absolute Gasteiger partial charge is 0.306 e. The zero-order valence-electron chi connectivity index (χ0n) is 32.2. The van der Waals surface area contributed by atoms with E-state index in [-0.39, 0.29) is 72.1 Å². The molecule has 7 rings (SSSR count). The van der Waals surface area contributed by atoms with Gasteiger partial charge in [-0.2, -0.15) is 0 Å². The minimum absolute atomic E-state index is 0.0166. The molecule has 3 aliphatic carbocycles. The average Bonchev–Trinajstić information content (AvgIpc) is 3.90. The molecule has 13 heteroatoms. The number of allylic oxidation sites excluding steroid dienone is 2. The van der Waals surface area contributed by atoms with Crippen molar-refractivity contribution in [3.63, 3.8) is 0 Å². The number of aromatic nitrogens is 3. The van der Waals surface area contributed by atoms with E-state index in [9.17, 15) is 19.1 Å². The number of hydrogen-bond acceptors (Lipinski definition) is 11. The standard InChI is InChI=1S/C41H56FN3O9/c1-7-25-11-9-8-10-21(2)36(47)31-18-28-27-16-26(54-41-40(51-6)39(50-5)38(49-4)22(3)52-41)17-30(27)35(37(48)34(28)29(31)19-33(46)53-25)45-20-32(43-44-45)23-12-14-24(42)15-13-23/h12-15,18,20-22,25-30,34-35,37-41,48H,7-11,16-17,19H2,1-6H3/t21-,22?,25+,26+,27+,28+,29-,30?,34-,35?,37?,38?,39?,40?,41?/m1/s1. The molecule has 1 aromatic heterocycles. The zero-order chi connectivity index (χ0) is 38.3. The number of rotatable bonds is 8.